The minimum Gasteiger partial charge on any atom is -0.424 e. The van der Waals surface area contributed by atoms with Gasteiger partial charge in [0.25, 0.3) is 21.5 Å². The van der Waals surface area contributed by atoms with Crippen molar-refractivity contribution in [3.8, 4) is 0 Å². The van der Waals surface area contributed by atoms with Crippen LogP contribution in [0.1, 0.15) is 22.3 Å². The van der Waals surface area contributed by atoms with Crippen LogP contribution in [0.25, 0.3) is 0 Å². The molecule has 2 heterocycles. The molecule has 0 aliphatic carbocycles. The van der Waals surface area contributed by atoms with Gasteiger partial charge in [0.05, 0.1) is 21.3 Å². The number of nitrogens with zero attached hydrogens (tertiary/aromatic N) is 6. The molecule has 20 heteroatoms. The number of ether oxygens (including phenoxy) is 2. The molecular formula is C42H42Cl2N8O8S2. The second kappa shape index (κ2) is 20.1. The summed E-state index contributed by atoms with van der Waals surface area (Å²) in [5, 5.41) is 27.9. The monoisotopic (exact) mass is 920 g/mol. The highest BCUT2D eigenvalue weighted by Crippen LogP contribution is 2.39. The van der Waals surface area contributed by atoms with E-state index in [2.05, 4.69) is 10.6 Å². The van der Waals surface area contributed by atoms with Crippen LogP contribution in [0.4, 0.5) is 22.7 Å². The number of carbonyl (C=O) groups is 2. The van der Waals surface area contributed by atoms with Crippen molar-refractivity contribution in [2.75, 3.05) is 76.5 Å². The topological polar surface area (TPSA) is 194 Å². The maximum atomic E-state index is 13.8. The molecular weight excluding hydrogens is 880 g/mol. The number of carbonyl (C=O) groups excluding carboxylic acids is 2. The first-order valence-electron chi connectivity index (χ1n) is 19.0. The number of nitrogens with one attached hydrogen (secondary N) is 2. The number of nitro benzene ring substituents is 2. The lowest BCUT2D eigenvalue weighted by Crippen LogP contribution is -2.43. The summed E-state index contributed by atoms with van der Waals surface area (Å²) in [7, 11) is 7.60. The average molecular weight is 922 g/mol. The molecule has 0 spiro atoms. The van der Waals surface area contributed by atoms with Crippen LogP contribution in [-0.2, 0) is 19.1 Å². The average Bonchev–Trinajstić information content (AvgIpc) is 3.47. The molecule has 0 saturated heterocycles. The van der Waals surface area contributed by atoms with E-state index >= 15 is 0 Å². The highest BCUT2D eigenvalue weighted by atomic mass is 35.5. The van der Waals surface area contributed by atoms with E-state index in [0.29, 0.717) is 79.7 Å². The van der Waals surface area contributed by atoms with Gasteiger partial charge in [-0.2, -0.15) is 0 Å². The third kappa shape index (κ3) is 11.3. The molecule has 0 radical (unpaired) electrons. The molecule has 62 heavy (non-hydrogen) atoms. The van der Waals surface area contributed by atoms with Gasteiger partial charge < -0.3 is 29.9 Å². The van der Waals surface area contributed by atoms with E-state index in [-0.39, 0.29) is 24.5 Å². The van der Waals surface area contributed by atoms with Gasteiger partial charge in [0, 0.05) is 105 Å². The highest BCUT2D eigenvalue weighted by Gasteiger charge is 2.41. The number of thioether (sulfide) groups is 2. The lowest BCUT2D eigenvalue weighted by Gasteiger charge is -2.33. The van der Waals surface area contributed by atoms with E-state index in [4.69, 9.17) is 42.7 Å². The van der Waals surface area contributed by atoms with Crippen LogP contribution in [0.3, 0.4) is 0 Å². The predicted octanol–water partition coefficient (Wildman–Crippen LogP) is 7.58. The quantitative estimate of drug-likeness (QED) is 0.0367. The lowest BCUT2D eigenvalue weighted by molar-refractivity contribution is -0.385. The molecule has 4 aromatic rings. The standard InChI is InChI=1S/C42H42Cl2N8O8S2/c1-49(2)19-21-61-41(25-45-39(29-9-5-7-11-33(29)43)31-23-27(51(55)56)13-15-35(31)47-41)59-37(53)17-18-38(54)60-42(62-22-20-50(3)4)26-46-40(30-10-6-8-12-34(30)44)32-24-28(52(57)58)14-16-36(32)48-42/h5-18,23-24,47-48H,19-22,25-26H2,1-4H3/b18-17-. The Bertz CT molecular complexity index is 2300. The molecule has 324 valence electrons. The zero-order chi connectivity index (χ0) is 44.6. The lowest BCUT2D eigenvalue weighted by atomic mass is 10.00. The number of nitro groups is 2. The normalized spacial score (nSPS) is 18.3. The van der Waals surface area contributed by atoms with Crippen molar-refractivity contribution >= 4 is 92.8 Å². The Labute approximate surface area is 376 Å². The van der Waals surface area contributed by atoms with Crippen molar-refractivity contribution in [2.45, 2.75) is 10.1 Å². The fraction of sp³-hybridized carbons (Fsp3) is 0.286. The minimum atomic E-state index is -1.54. The molecule has 2 unspecified atom stereocenters. The summed E-state index contributed by atoms with van der Waals surface area (Å²) in [6, 6.07) is 22.4. The van der Waals surface area contributed by atoms with Crippen LogP contribution in [0.15, 0.2) is 107 Å². The van der Waals surface area contributed by atoms with Crippen LogP contribution in [0.2, 0.25) is 10.0 Å². The van der Waals surface area contributed by atoms with Crippen LogP contribution in [0.5, 0.6) is 0 Å². The van der Waals surface area contributed by atoms with Gasteiger partial charge in [-0.1, -0.05) is 83.1 Å². The van der Waals surface area contributed by atoms with Gasteiger partial charge in [0.2, 0.25) is 0 Å². The summed E-state index contributed by atoms with van der Waals surface area (Å²) in [6.45, 7) is 0.910. The molecule has 2 aliphatic rings. The van der Waals surface area contributed by atoms with Crippen LogP contribution >= 0.6 is 46.7 Å². The minimum absolute atomic E-state index is 0.142. The summed E-state index contributed by atoms with van der Waals surface area (Å²) < 4.78 is 12.3. The second-order valence-electron chi connectivity index (χ2n) is 14.5. The molecule has 2 aliphatic heterocycles. The van der Waals surface area contributed by atoms with Gasteiger partial charge in [-0.15, -0.1) is 0 Å². The second-order valence-corrected chi connectivity index (χ2v) is 18.0. The molecule has 0 amide bonds. The van der Waals surface area contributed by atoms with Crippen molar-refractivity contribution in [1.29, 1.82) is 0 Å². The van der Waals surface area contributed by atoms with E-state index in [0.717, 1.165) is 12.2 Å². The van der Waals surface area contributed by atoms with E-state index in [1.165, 1.54) is 59.9 Å². The summed E-state index contributed by atoms with van der Waals surface area (Å²) >= 11 is 15.7. The Morgan fingerprint density at radius 3 is 1.42 bits per heavy atom. The third-order valence-electron chi connectivity index (χ3n) is 9.37. The number of rotatable bonds is 16. The van der Waals surface area contributed by atoms with Crippen LogP contribution in [-0.4, -0.2) is 119 Å². The smallest absolute Gasteiger partial charge is 0.333 e. The summed E-state index contributed by atoms with van der Waals surface area (Å²) in [6.07, 6.45) is 1.90. The number of benzodiazepines with no additional fused rings is 2. The first kappa shape index (κ1) is 46.0. The van der Waals surface area contributed by atoms with Crippen molar-refractivity contribution in [1.82, 2.24) is 9.80 Å². The number of benzene rings is 4. The number of anilines is 2. The summed E-state index contributed by atoms with van der Waals surface area (Å²) in [5.41, 5.74) is 2.97. The Morgan fingerprint density at radius 1 is 0.677 bits per heavy atom. The molecule has 0 saturated carbocycles. The fourth-order valence-electron chi connectivity index (χ4n) is 6.35. The molecule has 4 aromatic carbocycles. The Kier molecular flexibility index (Phi) is 14.9. The largest absolute Gasteiger partial charge is 0.424 e. The number of aliphatic imine (C=N–C) groups is 2. The highest BCUT2D eigenvalue weighted by molar-refractivity contribution is 8.00. The maximum absolute atomic E-state index is 13.8. The Morgan fingerprint density at radius 2 is 1.06 bits per heavy atom. The van der Waals surface area contributed by atoms with Gasteiger partial charge >= 0.3 is 11.9 Å². The molecule has 2 atom stereocenters. The summed E-state index contributed by atoms with van der Waals surface area (Å²) in [5.74, 6) is -0.881. The Balaban J connectivity index is 1.32. The van der Waals surface area contributed by atoms with Crippen molar-refractivity contribution in [2.24, 2.45) is 9.98 Å². The zero-order valence-electron chi connectivity index (χ0n) is 34.0. The maximum Gasteiger partial charge on any atom is 0.333 e. The molecule has 6 rings (SSSR count). The van der Waals surface area contributed by atoms with Gasteiger partial charge in [0.15, 0.2) is 0 Å². The zero-order valence-corrected chi connectivity index (χ0v) is 37.1. The van der Waals surface area contributed by atoms with E-state index in [1.807, 2.05) is 38.0 Å². The predicted molar refractivity (Wildman–Crippen MR) is 246 cm³/mol. The number of fused-ring (bicyclic) bond motifs is 2. The van der Waals surface area contributed by atoms with Crippen LogP contribution in [0, 0.1) is 20.2 Å². The third-order valence-corrected chi connectivity index (χ3v) is 12.4. The van der Waals surface area contributed by atoms with E-state index < -0.39 is 31.9 Å². The Hall–Kier alpha value is -5.50. The van der Waals surface area contributed by atoms with Gasteiger partial charge in [-0.05, 0) is 52.5 Å². The molecule has 16 nitrogen and oxygen atoms in total. The molecule has 0 fully saturated rings. The van der Waals surface area contributed by atoms with Crippen molar-refractivity contribution < 1.29 is 28.9 Å². The first-order chi connectivity index (χ1) is 29.6. The molecule has 2 N–H and O–H groups in total. The number of hydrogen-bond acceptors (Lipinski definition) is 16. The van der Waals surface area contributed by atoms with Gasteiger partial charge in [-0.25, -0.2) is 9.59 Å². The number of halogens is 2. The summed E-state index contributed by atoms with van der Waals surface area (Å²) in [4.78, 5) is 63.9. The molecule has 0 aromatic heterocycles. The van der Waals surface area contributed by atoms with E-state index in [1.54, 1.807) is 48.5 Å². The van der Waals surface area contributed by atoms with Crippen molar-refractivity contribution in [3.63, 3.8) is 0 Å². The molecule has 0 bridgehead atoms. The first-order valence-corrected chi connectivity index (χ1v) is 21.7. The number of esters is 2. The SMILES string of the molecule is CN(C)CCSC1(OC(=O)/C=C\C(=O)OC2(SCCN(C)C)CN=C(c3ccccc3Cl)c3cc([N+](=O)[O-])ccc3N2)CN=C(c2ccccc2Cl)c2cc([N+](=O)[O-])ccc2N1. The van der Waals surface area contributed by atoms with Gasteiger partial charge in [0.1, 0.15) is 13.1 Å². The van der Waals surface area contributed by atoms with Crippen LogP contribution < -0.4 is 10.6 Å². The number of hydrogen-bond donors (Lipinski definition) is 2. The fourth-order valence-corrected chi connectivity index (χ4v) is 9.33. The van der Waals surface area contributed by atoms with Gasteiger partial charge in [-0.3, -0.25) is 30.2 Å². The van der Waals surface area contributed by atoms with Crippen molar-refractivity contribution in [3.05, 3.63) is 150 Å². The van der Waals surface area contributed by atoms with E-state index in [9.17, 15) is 29.8 Å². The number of non-ortho nitro benzene ring substituents is 2.